The van der Waals surface area contributed by atoms with Crippen LogP contribution in [0.15, 0.2) is 67.3 Å². The van der Waals surface area contributed by atoms with Crippen molar-refractivity contribution in [1.29, 1.82) is 0 Å². The summed E-state index contributed by atoms with van der Waals surface area (Å²) in [5, 5.41) is 0. The van der Waals surface area contributed by atoms with Crippen molar-refractivity contribution in [1.82, 2.24) is 0 Å². The molecule has 2 heteroatoms. The van der Waals surface area contributed by atoms with E-state index in [0.717, 1.165) is 16.9 Å². The molecule has 0 spiro atoms. The Hall–Kier alpha value is -2.50. The Bertz CT molecular complexity index is 635. The van der Waals surface area contributed by atoms with Crippen LogP contribution in [0.2, 0.25) is 0 Å². The van der Waals surface area contributed by atoms with Gasteiger partial charge in [0.25, 0.3) is 0 Å². The summed E-state index contributed by atoms with van der Waals surface area (Å²) < 4.78 is 11.0. The molecule has 0 aromatic heterocycles. The number of rotatable bonds is 5. The fourth-order valence-electron chi connectivity index (χ4n) is 1.86. The molecule has 21 heavy (non-hydrogen) atoms. The van der Waals surface area contributed by atoms with Crippen LogP contribution in [0.25, 0.3) is 0 Å². The minimum absolute atomic E-state index is 0.307. The van der Waals surface area contributed by atoms with E-state index in [0.29, 0.717) is 6.61 Å². The third-order valence-electron chi connectivity index (χ3n) is 2.90. The lowest BCUT2D eigenvalue weighted by Crippen LogP contribution is -2.02. The summed E-state index contributed by atoms with van der Waals surface area (Å²) in [6.45, 7) is 4.13. The number of ether oxygens (including phenoxy) is 2. The van der Waals surface area contributed by atoms with Crippen molar-refractivity contribution in [3.8, 4) is 17.6 Å². The van der Waals surface area contributed by atoms with Gasteiger partial charge in [-0.1, -0.05) is 48.2 Å². The van der Waals surface area contributed by atoms with Crippen LogP contribution in [-0.2, 0) is 4.74 Å². The molecule has 1 unspecified atom stereocenters. The zero-order valence-electron chi connectivity index (χ0n) is 12.1. The molecule has 0 aliphatic rings. The Labute approximate surface area is 126 Å². The smallest absolute Gasteiger partial charge is 0.144 e. The predicted molar refractivity (Wildman–Crippen MR) is 85.2 cm³/mol. The Balaban J connectivity index is 2.25. The second-order valence-electron chi connectivity index (χ2n) is 4.41. The molecule has 1 atom stereocenters. The van der Waals surface area contributed by atoms with Crippen LogP contribution in [0.4, 0.5) is 0 Å². The molecule has 0 saturated heterocycles. The van der Waals surface area contributed by atoms with E-state index in [1.165, 1.54) is 0 Å². The highest BCUT2D eigenvalue weighted by molar-refractivity contribution is 5.38. The lowest BCUT2D eigenvalue weighted by molar-refractivity contribution is 0.117. The Morgan fingerprint density at radius 1 is 1.14 bits per heavy atom. The zero-order valence-corrected chi connectivity index (χ0v) is 12.1. The van der Waals surface area contributed by atoms with E-state index in [4.69, 9.17) is 9.47 Å². The Morgan fingerprint density at radius 2 is 1.95 bits per heavy atom. The molecule has 2 aromatic rings. The standard InChI is InChI=1S/C19H18O2/c1-3-14-21-19(13-12-16-8-5-4-6-9-16)17-10-7-11-18(15-17)20-2/h3-11,15,19H,1,14H2,2H3. The highest BCUT2D eigenvalue weighted by Crippen LogP contribution is 2.21. The molecule has 0 aliphatic carbocycles. The maximum atomic E-state index is 5.75. The fourth-order valence-corrected chi connectivity index (χ4v) is 1.86. The van der Waals surface area contributed by atoms with Gasteiger partial charge >= 0.3 is 0 Å². The molecule has 0 radical (unpaired) electrons. The molecule has 106 valence electrons. The van der Waals surface area contributed by atoms with Gasteiger partial charge in [-0.05, 0) is 29.8 Å². The first-order chi connectivity index (χ1) is 10.3. The van der Waals surface area contributed by atoms with Crippen molar-refractivity contribution >= 4 is 0 Å². The van der Waals surface area contributed by atoms with Crippen LogP contribution in [0, 0.1) is 11.8 Å². The van der Waals surface area contributed by atoms with Crippen molar-refractivity contribution in [3.63, 3.8) is 0 Å². The molecule has 0 N–H and O–H groups in total. The number of methoxy groups -OCH3 is 1. The minimum Gasteiger partial charge on any atom is -0.497 e. The highest BCUT2D eigenvalue weighted by Gasteiger charge is 2.09. The highest BCUT2D eigenvalue weighted by atomic mass is 16.5. The largest absolute Gasteiger partial charge is 0.497 e. The maximum absolute atomic E-state index is 5.75. The quantitative estimate of drug-likeness (QED) is 0.608. The first-order valence-electron chi connectivity index (χ1n) is 6.76. The summed E-state index contributed by atoms with van der Waals surface area (Å²) in [5.41, 5.74) is 1.94. The topological polar surface area (TPSA) is 18.5 Å². The van der Waals surface area contributed by atoms with Gasteiger partial charge in [0.05, 0.1) is 13.7 Å². The van der Waals surface area contributed by atoms with E-state index in [1.54, 1.807) is 13.2 Å². The first kappa shape index (κ1) is 14.9. The normalized spacial score (nSPS) is 11.1. The van der Waals surface area contributed by atoms with Crippen LogP contribution in [0.5, 0.6) is 5.75 Å². The van der Waals surface area contributed by atoms with E-state index in [-0.39, 0.29) is 6.10 Å². The van der Waals surface area contributed by atoms with Crippen molar-refractivity contribution in [3.05, 3.63) is 78.4 Å². The maximum Gasteiger partial charge on any atom is 0.144 e. The number of benzene rings is 2. The number of hydrogen-bond acceptors (Lipinski definition) is 2. The van der Waals surface area contributed by atoms with Gasteiger partial charge < -0.3 is 9.47 Å². The summed E-state index contributed by atoms with van der Waals surface area (Å²) in [6, 6.07) is 17.6. The molecule has 2 aromatic carbocycles. The lowest BCUT2D eigenvalue weighted by Gasteiger charge is -2.12. The van der Waals surface area contributed by atoms with E-state index in [9.17, 15) is 0 Å². The summed E-state index contributed by atoms with van der Waals surface area (Å²) in [4.78, 5) is 0. The lowest BCUT2D eigenvalue weighted by atomic mass is 10.1. The van der Waals surface area contributed by atoms with Crippen LogP contribution in [0.3, 0.4) is 0 Å². The van der Waals surface area contributed by atoms with Gasteiger partial charge in [-0.2, -0.15) is 0 Å². The summed E-state index contributed by atoms with van der Waals surface area (Å²) >= 11 is 0. The predicted octanol–water partition coefficient (Wildman–Crippen LogP) is 3.99. The SMILES string of the molecule is C=CCOC(C#Cc1ccccc1)c1cccc(OC)c1. The van der Waals surface area contributed by atoms with Crippen LogP contribution in [0.1, 0.15) is 17.2 Å². The van der Waals surface area contributed by atoms with Crippen molar-refractivity contribution in [2.24, 2.45) is 0 Å². The first-order valence-corrected chi connectivity index (χ1v) is 6.76. The molecule has 0 bridgehead atoms. The molecule has 0 heterocycles. The van der Waals surface area contributed by atoms with Crippen LogP contribution >= 0.6 is 0 Å². The van der Waals surface area contributed by atoms with Crippen molar-refractivity contribution in [2.75, 3.05) is 13.7 Å². The van der Waals surface area contributed by atoms with E-state index in [1.807, 2.05) is 54.6 Å². The zero-order chi connectivity index (χ0) is 14.9. The van der Waals surface area contributed by atoms with Gasteiger partial charge in [-0.15, -0.1) is 6.58 Å². The van der Waals surface area contributed by atoms with Gasteiger partial charge in [0, 0.05) is 5.56 Å². The molecular weight excluding hydrogens is 260 g/mol. The summed E-state index contributed by atoms with van der Waals surface area (Å²) in [5.74, 6) is 7.10. The second kappa shape index (κ2) is 7.94. The van der Waals surface area contributed by atoms with Gasteiger partial charge in [0.1, 0.15) is 11.9 Å². The molecule has 0 fully saturated rings. The van der Waals surface area contributed by atoms with E-state index >= 15 is 0 Å². The van der Waals surface area contributed by atoms with Gasteiger partial charge in [0.15, 0.2) is 0 Å². The summed E-state index contributed by atoms with van der Waals surface area (Å²) in [6.07, 6.45) is 1.41. The minimum atomic E-state index is -0.307. The van der Waals surface area contributed by atoms with Crippen LogP contribution in [-0.4, -0.2) is 13.7 Å². The Morgan fingerprint density at radius 3 is 2.67 bits per heavy atom. The average Bonchev–Trinajstić information content (AvgIpc) is 2.56. The molecule has 2 nitrogen and oxygen atoms in total. The van der Waals surface area contributed by atoms with Crippen molar-refractivity contribution < 1.29 is 9.47 Å². The third kappa shape index (κ3) is 4.52. The molecule has 0 saturated carbocycles. The van der Waals surface area contributed by atoms with Crippen LogP contribution < -0.4 is 4.74 Å². The van der Waals surface area contributed by atoms with Gasteiger partial charge in [-0.25, -0.2) is 0 Å². The molecule has 0 amide bonds. The van der Waals surface area contributed by atoms with Crippen molar-refractivity contribution in [2.45, 2.75) is 6.10 Å². The monoisotopic (exact) mass is 278 g/mol. The van der Waals surface area contributed by atoms with E-state index in [2.05, 4.69) is 18.4 Å². The second-order valence-corrected chi connectivity index (χ2v) is 4.41. The third-order valence-corrected chi connectivity index (χ3v) is 2.90. The number of hydrogen-bond donors (Lipinski definition) is 0. The summed E-state index contributed by atoms with van der Waals surface area (Å²) in [7, 11) is 1.65. The molecule has 2 rings (SSSR count). The van der Waals surface area contributed by atoms with Gasteiger partial charge in [-0.3, -0.25) is 0 Å². The van der Waals surface area contributed by atoms with Gasteiger partial charge in [0.2, 0.25) is 0 Å². The molecule has 0 aliphatic heterocycles. The van der Waals surface area contributed by atoms with E-state index < -0.39 is 0 Å². The molecular formula is C19H18O2. The Kier molecular flexibility index (Phi) is 5.63. The fraction of sp³-hybridized carbons (Fsp3) is 0.158. The average molecular weight is 278 g/mol.